The molecule has 0 aromatic heterocycles. The number of hydrogen-bond acceptors (Lipinski definition) is 4. The minimum absolute atomic E-state index is 0.0115. The first-order valence-electron chi connectivity index (χ1n) is 6.44. The zero-order chi connectivity index (χ0) is 15.3. The molecule has 6 heteroatoms. The number of carbonyl (C=O) groups excluding carboxylic acids is 2. The van der Waals surface area contributed by atoms with E-state index < -0.39 is 6.04 Å². The number of anilines is 1. The van der Waals surface area contributed by atoms with Crippen molar-refractivity contribution in [2.24, 2.45) is 11.7 Å². The van der Waals surface area contributed by atoms with Gasteiger partial charge in [-0.2, -0.15) is 0 Å². The average molecular weight is 279 g/mol. The molecule has 110 valence electrons. The monoisotopic (exact) mass is 279 g/mol. The molecule has 0 unspecified atom stereocenters. The summed E-state index contributed by atoms with van der Waals surface area (Å²) in [6.45, 7) is 5.30. The van der Waals surface area contributed by atoms with Crippen LogP contribution in [0.1, 0.15) is 19.4 Å². The maximum atomic E-state index is 11.7. The van der Waals surface area contributed by atoms with Gasteiger partial charge in [0.25, 0.3) is 0 Å². The first kappa shape index (κ1) is 16.0. The minimum Gasteiger partial charge on any atom is -0.508 e. The Hall–Kier alpha value is -2.08. The lowest BCUT2D eigenvalue weighted by molar-refractivity contribution is -0.125. The number of carbonyl (C=O) groups is 2. The van der Waals surface area contributed by atoms with Crippen molar-refractivity contribution >= 4 is 17.5 Å². The van der Waals surface area contributed by atoms with Crippen molar-refractivity contribution in [2.45, 2.75) is 26.8 Å². The molecule has 0 aliphatic heterocycles. The first-order chi connectivity index (χ1) is 9.31. The lowest BCUT2D eigenvalue weighted by Gasteiger charge is -2.15. The third-order valence-corrected chi connectivity index (χ3v) is 2.93. The van der Waals surface area contributed by atoms with Gasteiger partial charge in [0.1, 0.15) is 5.75 Å². The summed E-state index contributed by atoms with van der Waals surface area (Å²) in [4.78, 5) is 23.3. The molecule has 1 rings (SSSR count). The van der Waals surface area contributed by atoms with Crippen LogP contribution in [0, 0.1) is 12.8 Å². The molecule has 0 aliphatic rings. The van der Waals surface area contributed by atoms with Crippen molar-refractivity contribution < 1.29 is 14.7 Å². The molecule has 0 spiro atoms. The van der Waals surface area contributed by atoms with Gasteiger partial charge in [-0.25, -0.2) is 0 Å². The predicted molar refractivity (Wildman–Crippen MR) is 77.3 cm³/mol. The zero-order valence-corrected chi connectivity index (χ0v) is 11.9. The molecule has 0 radical (unpaired) electrons. The highest BCUT2D eigenvalue weighted by atomic mass is 16.3. The molecule has 5 N–H and O–H groups in total. The molecule has 0 aliphatic carbocycles. The summed E-state index contributed by atoms with van der Waals surface area (Å²) in [6.07, 6.45) is 0. The van der Waals surface area contributed by atoms with Crippen LogP contribution in [-0.4, -0.2) is 29.5 Å². The highest BCUT2D eigenvalue weighted by Crippen LogP contribution is 2.19. The molecule has 1 atom stereocenters. The standard InChI is InChI=1S/C14H21N3O3/c1-8(2)13(15)14(20)16-7-12(19)17-11-5-4-10(18)6-9(11)3/h4-6,8,13,18H,7,15H2,1-3H3,(H,16,20)(H,17,19)/t13-/m0/s1. The molecule has 0 saturated carbocycles. The van der Waals surface area contributed by atoms with Crippen LogP contribution in [0.2, 0.25) is 0 Å². The SMILES string of the molecule is Cc1cc(O)ccc1NC(=O)CNC(=O)[C@@H](N)C(C)C. The van der Waals surface area contributed by atoms with Crippen LogP contribution >= 0.6 is 0 Å². The second kappa shape index (κ2) is 6.91. The summed E-state index contributed by atoms with van der Waals surface area (Å²) < 4.78 is 0. The van der Waals surface area contributed by atoms with E-state index >= 15 is 0 Å². The number of aryl methyl sites for hydroxylation is 1. The molecular weight excluding hydrogens is 258 g/mol. The number of phenols is 1. The number of aromatic hydroxyl groups is 1. The Labute approximate surface area is 118 Å². The van der Waals surface area contributed by atoms with E-state index in [1.807, 2.05) is 13.8 Å². The largest absolute Gasteiger partial charge is 0.508 e. The Morgan fingerprint density at radius 2 is 2.00 bits per heavy atom. The summed E-state index contributed by atoms with van der Waals surface area (Å²) in [5.74, 6) is -0.546. The number of benzene rings is 1. The van der Waals surface area contributed by atoms with Gasteiger partial charge in [0, 0.05) is 5.69 Å². The highest BCUT2D eigenvalue weighted by molar-refractivity contribution is 5.95. The van der Waals surface area contributed by atoms with Gasteiger partial charge in [-0.3, -0.25) is 9.59 Å². The maximum absolute atomic E-state index is 11.7. The molecule has 1 aromatic rings. The van der Waals surface area contributed by atoms with E-state index in [1.165, 1.54) is 6.07 Å². The van der Waals surface area contributed by atoms with Crippen molar-refractivity contribution in [1.82, 2.24) is 5.32 Å². The van der Waals surface area contributed by atoms with Crippen LogP contribution < -0.4 is 16.4 Å². The van der Waals surface area contributed by atoms with Gasteiger partial charge in [0.2, 0.25) is 11.8 Å². The van der Waals surface area contributed by atoms with Crippen molar-refractivity contribution in [1.29, 1.82) is 0 Å². The smallest absolute Gasteiger partial charge is 0.243 e. The van der Waals surface area contributed by atoms with Gasteiger partial charge in [-0.15, -0.1) is 0 Å². The Bertz CT molecular complexity index is 500. The third kappa shape index (κ3) is 4.55. The van der Waals surface area contributed by atoms with Crippen molar-refractivity contribution in [3.63, 3.8) is 0 Å². The quantitative estimate of drug-likeness (QED) is 0.597. The molecule has 1 aromatic carbocycles. The number of hydrogen-bond donors (Lipinski definition) is 4. The van der Waals surface area contributed by atoms with Crippen molar-refractivity contribution in [2.75, 3.05) is 11.9 Å². The lowest BCUT2D eigenvalue weighted by atomic mass is 10.1. The first-order valence-corrected chi connectivity index (χ1v) is 6.44. The zero-order valence-electron chi connectivity index (χ0n) is 11.9. The molecular formula is C14H21N3O3. The lowest BCUT2D eigenvalue weighted by Crippen LogP contribution is -2.46. The van der Waals surface area contributed by atoms with Crippen LogP contribution in [0.15, 0.2) is 18.2 Å². The van der Waals surface area contributed by atoms with Crippen LogP contribution in [-0.2, 0) is 9.59 Å². The summed E-state index contributed by atoms with van der Waals surface area (Å²) in [6, 6.07) is 4.00. The minimum atomic E-state index is -0.627. The topological polar surface area (TPSA) is 104 Å². The Kier molecular flexibility index (Phi) is 5.52. The van der Waals surface area contributed by atoms with E-state index in [4.69, 9.17) is 5.73 Å². The van der Waals surface area contributed by atoms with Gasteiger partial charge in [0.15, 0.2) is 0 Å². The Morgan fingerprint density at radius 1 is 1.35 bits per heavy atom. The van der Waals surface area contributed by atoms with E-state index in [2.05, 4.69) is 10.6 Å². The molecule has 20 heavy (non-hydrogen) atoms. The number of rotatable bonds is 5. The fourth-order valence-corrected chi connectivity index (χ4v) is 1.57. The van der Waals surface area contributed by atoms with E-state index in [-0.39, 0.29) is 30.0 Å². The maximum Gasteiger partial charge on any atom is 0.243 e. The van der Waals surface area contributed by atoms with Gasteiger partial charge < -0.3 is 21.5 Å². The van der Waals surface area contributed by atoms with Gasteiger partial charge in [-0.1, -0.05) is 13.8 Å². The Morgan fingerprint density at radius 3 is 2.55 bits per heavy atom. The van der Waals surface area contributed by atoms with Crippen molar-refractivity contribution in [3.8, 4) is 5.75 Å². The van der Waals surface area contributed by atoms with Gasteiger partial charge in [0.05, 0.1) is 12.6 Å². The number of nitrogens with one attached hydrogen (secondary N) is 2. The van der Waals surface area contributed by atoms with Crippen LogP contribution in [0.25, 0.3) is 0 Å². The van der Waals surface area contributed by atoms with Crippen molar-refractivity contribution in [3.05, 3.63) is 23.8 Å². The van der Waals surface area contributed by atoms with E-state index in [0.717, 1.165) is 5.56 Å². The van der Waals surface area contributed by atoms with E-state index in [9.17, 15) is 14.7 Å². The fraction of sp³-hybridized carbons (Fsp3) is 0.429. The predicted octanol–water partition coefficient (Wildman–Crippen LogP) is 0.739. The van der Waals surface area contributed by atoms with Crippen LogP contribution in [0.5, 0.6) is 5.75 Å². The second-order valence-corrected chi connectivity index (χ2v) is 5.04. The third-order valence-electron chi connectivity index (χ3n) is 2.93. The molecule has 6 nitrogen and oxygen atoms in total. The molecule has 0 saturated heterocycles. The van der Waals surface area contributed by atoms with Crippen LogP contribution in [0.3, 0.4) is 0 Å². The number of nitrogens with two attached hydrogens (primary N) is 1. The van der Waals surface area contributed by atoms with Crippen LogP contribution in [0.4, 0.5) is 5.69 Å². The summed E-state index contributed by atoms with van der Waals surface area (Å²) >= 11 is 0. The summed E-state index contributed by atoms with van der Waals surface area (Å²) in [5, 5.41) is 14.4. The molecule has 0 bridgehead atoms. The molecule has 2 amide bonds. The van der Waals surface area contributed by atoms with E-state index in [0.29, 0.717) is 5.69 Å². The normalized spacial score (nSPS) is 12.1. The average Bonchev–Trinajstić information content (AvgIpc) is 2.38. The number of phenolic OH excluding ortho intramolecular Hbond substituents is 1. The fourth-order valence-electron chi connectivity index (χ4n) is 1.57. The second-order valence-electron chi connectivity index (χ2n) is 5.04. The number of amides is 2. The summed E-state index contributed by atoms with van der Waals surface area (Å²) in [7, 11) is 0. The van der Waals surface area contributed by atoms with E-state index in [1.54, 1.807) is 19.1 Å². The highest BCUT2D eigenvalue weighted by Gasteiger charge is 2.17. The summed E-state index contributed by atoms with van der Waals surface area (Å²) in [5.41, 5.74) is 7.00. The molecule has 0 heterocycles. The Balaban J connectivity index is 2.50. The van der Waals surface area contributed by atoms with Gasteiger partial charge in [-0.05, 0) is 36.6 Å². The van der Waals surface area contributed by atoms with Gasteiger partial charge >= 0.3 is 0 Å². The molecule has 0 fully saturated rings.